The first-order valence-corrected chi connectivity index (χ1v) is 12.1. The highest BCUT2D eigenvalue weighted by Crippen LogP contribution is 2.29. The molecule has 0 aliphatic rings. The molecule has 0 radical (unpaired) electrons. The monoisotopic (exact) mass is 534 g/mol. The molecule has 37 heavy (non-hydrogen) atoms. The lowest BCUT2D eigenvalue weighted by atomic mass is 10.2. The Kier molecular flexibility index (Phi) is 9.03. The highest BCUT2D eigenvalue weighted by Gasteiger charge is 2.11. The van der Waals surface area contributed by atoms with Gasteiger partial charge in [-0.25, -0.2) is 5.43 Å². The van der Waals surface area contributed by atoms with Gasteiger partial charge in [-0.15, -0.1) is 0 Å². The minimum Gasteiger partial charge on any atom is -0.493 e. The summed E-state index contributed by atoms with van der Waals surface area (Å²) in [4.78, 5) is 12.6. The molecule has 4 aromatic carbocycles. The van der Waals surface area contributed by atoms with Crippen LogP contribution >= 0.6 is 23.2 Å². The number of carbonyl (C=O) groups excluding carboxylic acids is 1. The van der Waals surface area contributed by atoms with Gasteiger partial charge in [-0.3, -0.25) is 4.79 Å². The van der Waals surface area contributed by atoms with Gasteiger partial charge in [0.2, 0.25) is 0 Å². The molecule has 1 N–H and O–H groups in total. The summed E-state index contributed by atoms with van der Waals surface area (Å²) in [6.45, 7) is 0.726. The zero-order chi connectivity index (χ0) is 26.0. The fraction of sp³-hybridized carbons (Fsp3) is 0.103. The minimum atomic E-state index is -0.392. The molecule has 6 nitrogen and oxygen atoms in total. The van der Waals surface area contributed by atoms with Gasteiger partial charge in [-0.05, 0) is 65.2 Å². The van der Waals surface area contributed by atoms with Crippen LogP contribution in [0.1, 0.15) is 27.0 Å². The summed E-state index contributed by atoms with van der Waals surface area (Å²) in [7, 11) is 1.52. The van der Waals surface area contributed by atoms with Crippen LogP contribution in [0.15, 0.2) is 96.1 Å². The van der Waals surface area contributed by atoms with Crippen LogP contribution in [-0.2, 0) is 13.2 Å². The van der Waals surface area contributed by atoms with Gasteiger partial charge in [0.1, 0.15) is 19.0 Å². The molecule has 4 aromatic rings. The Morgan fingerprint density at radius 3 is 2.30 bits per heavy atom. The number of carbonyl (C=O) groups is 1. The Hall–Kier alpha value is -4.00. The topological polar surface area (TPSA) is 69.2 Å². The van der Waals surface area contributed by atoms with Crippen LogP contribution < -0.4 is 19.6 Å². The summed E-state index contributed by atoms with van der Waals surface area (Å²) in [5.74, 6) is 1.13. The van der Waals surface area contributed by atoms with Gasteiger partial charge >= 0.3 is 0 Å². The Bertz CT molecular complexity index is 1390. The number of methoxy groups -OCH3 is 1. The van der Waals surface area contributed by atoms with E-state index in [1.54, 1.807) is 42.5 Å². The maximum Gasteiger partial charge on any atom is 0.271 e. The van der Waals surface area contributed by atoms with Crippen molar-refractivity contribution in [1.29, 1.82) is 0 Å². The van der Waals surface area contributed by atoms with Gasteiger partial charge in [-0.1, -0.05) is 65.7 Å². The first-order valence-electron chi connectivity index (χ1n) is 11.4. The predicted molar refractivity (Wildman–Crippen MR) is 146 cm³/mol. The van der Waals surface area contributed by atoms with E-state index in [0.717, 1.165) is 11.1 Å². The molecular weight excluding hydrogens is 511 g/mol. The van der Waals surface area contributed by atoms with Crippen LogP contribution in [0.2, 0.25) is 10.0 Å². The summed E-state index contributed by atoms with van der Waals surface area (Å²) in [6.07, 6.45) is 1.50. The third kappa shape index (κ3) is 7.49. The van der Waals surface area contributed by atoms with Crippen LogP contribution in [0.5, 0.6) is 17.2 Å². The molecule has 0 aliphatic carbocycles. The van der Waals surface area contributed by atoms with Crippen LogP contribution in [-0.4, -0.2) is 19.2 Å². The van der Waals surface area contributed by atoms with Crippen LogP contribution in [0, 0.1) is 0 Å². The molecule has 0 saturated carbocycles. The molecule has 8 heteroatoms. The predicted octanol–water partition coefficient (Wildman–Crippen LogP) is 6.92. The van der Waals surface area contributed by atoms with Crippen molar-refractivity contribution >= 4 is 35.3 Å². The van der Waals surface area contributed by atoms with Crippen LogP contribution in [0.25, 0.3) is 0 Å². The van der Waals surface area contributed by atoms with E-state index >= 15 is 0 Å². The number of nitrogens with zero attached hydrogens (tertiary/aromatic N) is 1. The highest BCUT2D eigenvalue weighted by molar-refractivity contribution is 6.32. The Morgan fingerprint density at radius 1 is 0.811 bits per heavy atom. The molecule has 1 amide bonds. The number of hydrogen-bond donors (Lipinski definition) is 1. The summed E-state index contributed by atoms with van der Waals surface area (Å²) < 4.78 is 17.0. The lowest BCUT2D eigenvalue weighted by Gasteiger charge is -2.12. The van der Waals surface area contributed by atoms with E-state index in [9.17, 15) is 4.79 Å². The molecule has 4 rings (SSSR count). The molecule has 0 saturated heterocycles. The first kappa shape index (κ1) is 26.1. The molecule has 0 atom stereocenters. The van der Waals surface area contributed by atoms with E-state index in [4.69, 9.17) is 37.4 Å². The fourth-order valence-corrected chi connectivity index (χ4v) is 3.85. The normalized spacial score (nSPS) is 10.8. The Balaban J connectivity index is 1.33. The first-order chi connectivity index (χ1) is 18.0. The van der Waals surface area contributed by atoms with E-state index in [1.807, 2.05) is 48.5 Å². The van der Waals surface area contributed by atoms with Crippen molar-refractivity contribution < 1.29 is 19.0 Å². The van der Waals surface area contributed by atoms with Crippen molar-refractivity contribution in [3.8, 4) is 17.2 Å². The van der Waals surface area contributed by atoms with Gasteiger partial charge in [0.25, 0.3) is 5.91 Å². The zero-order valence-electron chi connectivity index (χ0n) is 20.0. The standard InChI is InChI=1S/C29H24Cl2N2O4/c1-35-28-16-23(11-13-27(28)37-18-20-6-3-2-4-7-20)29(34)33-32-17-21-10-12-26(25(31)15-21)36-19-22-8-5-9-24(30)14-22/h2-17H,18-19H2,1H3,(H,33,34)/b32-17+. The lowest BCUT2D eigenvalue weighted by molar-refractivity contribution is 0.0954. The van der Waals surface area contributed by atoms with Crippen LogP contribution in [0.3, 0.4) is 0 Å². The molecule has 0 aliphatic heterocycles. The highest BCUT2D eigenvalue weighted by atomic mass is 35.5. The van der Waals surface area contributed by atoms with Gasteiger partial charge in [0.15, 0.2) is 11.5 Å². The number of hydrogen-bond acceptors (Lipinski definition) is 5. The van der Waals surface area contributed by atoms with Gasteiger partial charge in [0.05, 0.1) is 18.3 Å². The van der Waals surface area contributed by atoms with E-state index < -0.39 is 5.91 Å². The fourth-order valence-electron chi connectivity index (χ4n) is 3.40. The van der Waals surface area contributed by atoms with Crippen molar-refractivity contribution in [2.45, 2.75) is 13.2 Å². The second-order valence-corrected chi connectivity index (χ2v) is 8.79. The molecular formula is C29H24Cl2N2O4. The molecule has 0 bridgehead atoms. The molecule has 0 aromatic heterocycles. The average Bonchev–Trinajstić information content (AvgIpc) is 2.92. The number of amides is 1. The van der Waals surface area contributed by atoms with Gasteiger partial charge < -0.3 is 14.2 Å². The average molecular weight is 535 g/mol. The second kappa shape index (κ2) is 12.8. The third-order valence-corrected chi connectivity index (χ3v) is 5.81. The van der Waals surface area contributed by atoms with Crippen molar-refractivity contribution in [2.75, 3.05) is 7.11 Å². The zero-order valence-corrected chi connectivity index (χ0v) is 21.5. The number of hydrazone groups is 1. The van der Waals surface area contributed by atoms with E-state index in [0.29, 0.717) is 51.6 Å². The molecule has 0 heterocycles. The molecule has 0 fully saturated rings. The number of rotatable bonds is 10. The number of benzene rings is 4. The van der Waals surface area contributed by atoms with E-state index in [2.05, 4.69) is 10.5 Å². The largest absolute Gasteiger partial charge is 0.493 e. The maximum absolute atomic E-state index is 12.6. The van der Waals surface area contributed by atoms with Crippen molar-refractivity contribution in [3.05, 3.63) is 123 Å². The quantitative estimate of drug-likeness (QED) is 0.177. The summed E-state index contributed by atoms with van der Waals surface area (Å²) >= 11 is 12.4. The smallest absolute Gasteiger partial charge is 0.271 e. The van der Waals surface area contributed by atoms with Crippen molar-refractivity contribution in [1.82, 2.24) is 5.43 Å². The Morgan fingerprint density at radius 2 is 1.54 bits per heavy atom. The number of ether oxygens (including phenoxy) is 3. The molecule has 0 spiro atoms. The minimum absolute atomic E-state index is 0.337. The molecule has 188 valence electrons. The van der Waals surface area contributed by atoms with Gasteiger partial charge in [0, 0.05) is 10.6 Å². The second-order valence-electron chi connectivity index (χ2n) is 7.95. The Labute approximate surface area is 225 Å². The SMILES string of the molecule is COc1cc(C(=O)N/N=C/c2ccc(OCc3cccc(Cl)c3)c(Cl)c2)ccc1OCc1ccccc1. The lowest BCUT2D eigenvalue weighted by Crippen LogP contribution is -2.17. The van der Waals surface area contributed by atoms with Gasteiger partial charge in [-0.2, -0.15) is 5.10 Å². The summed E-state index contributed by atoms with van der Waals surface area (Å²) in [6, 6.07) is 27.4. The summed E-state index contributed by atoms with van der Waals surface area (Å²) in [5, 5.41) is 5.10. The maximum atomic E-state index is 12.6. The number of halogens is 2. The molecule has 0 unspecified atom stereocenters. The van der Waals surface area contributed by atoms with Crippen molar-refractivity contribution in [2.24, 2.45) is 5.10 Å². The van der Waals surface area contributed by atoms with E-state index in [1.165, 1.54) is 13.3 Å². The van der Waals surface area contributed by atoms with E-state index in [-0.39, 0.29) is 0 Å². The third-order valence-electron chi connectivity index (χ3n) is 5.28. The van der Waals surface area contributed by atoms with Crippen LogP contribution in [0.4, 0.5) is 0 Å². The number of nitrogens with one attached hydrogen (secondary N) is 1. The van der Waals surface area contributed by atoms with Crippen molar-refractivity contribution in [3.63, 3.8) is 0 Å². The summed E-state index contributed by atoms with van der Waals surface area (Å²) in [5.41, 5.74) is 5.55.